The largest absolute Gasteiger partial charge is 0.345 e. The summed E-state index contributed by atoms with van der Waals surface area (Å²) in [6, 6.07) is 10.6. The van der Waals surface area contributed by atoms with Crippen molar-refractivity contribution in [1.29, 1.82) is 0 Å². The SMILES string of the molecule is CN(C(=O)c1cccs1)c1ccccc1C(=O)NCc1noc(C2CC2)n1. The van der Waals surface area contributed by atoms with Crippen LogP contribution in [0.3, 0.4) is 0 Å². The van der Waals surface area contributed by atoms with Gasteiger partial charge in [0, 0.05) is 13.0 Å². The van der Waals surface area contributed by atoms with Gasteiger partial charge in [0.25, 0.3) is 11.8 Å². The van der Waals surface area contributed by atoms with E-state index in [2.05, 4.69) is 15.5 Å². The lowest BCUT2D eigenvalue weighted by atomic mass is 10.1. The van der Waals surface area contributed by atoms with Gasteiger partial charge >= 0.3 is 0 Å². The standard InChI is InChI=1S/C19H18N4O3S/c1-23(19(25)15-7-4-10-27-15)14-6-3-2-5-13(14)17(24)20-11-16-21-18(26-22-16)12-8-9-12/h2-7,10,12H,8-9,11H2,1H3,(H,20,24). The molecule has 8 heteroatoms. The second-order valence-electron chi connectivity index (χ2n) is 6.36. The van der Waals surface area contributed by atoms with E-state index >= 15 is 0 Å². The van der Waals surface area contributed by atoms with Crippen LogP contribution < -0.4 is 10.2 Å². The van der Waals surface area contributed by atoms with Gasteiger partial charge in [-0.1, -0.05) is 23.4 Å². The van der Waals surface area contributed by atoms with Gasteiger partial charge in [-0.25, -0.2) is 0 Å². The number of rotatable bonds is 6. The van der Waals surface area contributed by atoms with Gasteiger partial charge in [0.2, 0.25) is 5.89 Å². The number of aromatic nitrogens is 2. The number of nitrogens with zero attached hydrogens (tertiary/aromatic N) is 3. The van der Waals surface area contributed by atoms with Crippen molar-refractivity contribution >= 4 is 28.8 Å². The lowest BCUT2D eigenvalue weighted by Crippen LogP contribution is -2.30. The lowest BCUT2D eigenvalue weighted by molar-refractivity contribution is 0.0950. The van der Waals surface area contributed by atoms with Crippen LogP contribution in [0.25, 0.3) is 0 Å². The summed E-state index contributed by atoms with van der Waals surface area (Å²) >= 11 is 1.37. The molecule has 0 saturated heterocycles. The monoisotopic (exact) mass is 382 g/mol. The number of hydrogen-bond acceptors (Lipinski definition) is 6. The minimum absolute atomic E-state index is 0.155. The molecular formula is C19H18N4O3S. The maximum atomic E-state index is 12.7. The van der Waals surface area contributed by atoms with Gasteiger partial charge in [-0.3, -0.25) is 9.59 Å². The van der Waals surface area contributed by atoms with Crippen molar-refractivity contribution in [2.45, 2.75) is 25.3 Å². The van der Waals surface area contributed by atoms with Gasteiger partial charge < -0.3 is 14.7 Å². The zero-order valence-corrected chi connectivity index (χ0v) is 15.5. The van der Waals surface area contributed by atoms with Crippen molar-refractivity contribution < 1.29 is 14.1 Å². The Labute approximate surface area is 160 Å². The number of anilines is 1. The molecule has 1 aliphatic carbocycles. The number of nitrogens with one attached hydrogen (secondary N) is 1. The molecule has 138 valence electrons. The molecule has 2 heterocycles. The third-order valence-corrected chi connectivity index (χ3v) is 5.22. The number of benzene rings is 1. The smallest absolute Gasteiger partial charge is 0.268 e. The van der Waals surface area contributed by atoms with Crippen LogP contribution >= 0.6 is 11.3 Å². The first kappa shape index (κ1) is 17.4. The summed E-state index contributed by atoms with van der Waals surface area (Å²) in [7, 11) is 1.66. The second-order valence-corrected chi connectivity index (χ2v) is 7.31. The molecule has 1 N–H and O–H groups in total. The molecule has 27 heavy (non-hydrogen) atoms. The minimum Gasteiger partial charge on any atom is -0.345 e. The molecule has 0 unspecified atom stereocenters. The molecule has 3 aromatic rings. The molecule has 2 amide bonds. The predicted molar refractivity (Wildman–Crippen MR) is 101 cm³/mol. The highest BCUT2D eigenvalue weighted by atomic mass is 32.1. The fourth-order valence-electron chi connectivity index (χ4n) is 2.72. The van der Waals surface area contributed by atoms with Crippen LogP contribution in [0.5, 0.6) is 0 Å². The lowest BCUT2D eigenvalue weighted by Gasteiger charge is -2.19. The summed E-state index contributed by atoms with van der Waals surface area (Å²) < 4.78 is 5.20. The van der Waals surface area contributed by atoms with Crippen molar-refractivity contribution in [3.05, 3.63) is 63.9 Å². The van der Waals surface area contributed by atoms with Crippen molar-refractivity contribution in [2.24, 2.45) is 0 Å². The highest BCUT2D eigenvalue weighted by molar-refractivity contribution is 7.12. The average molecular weight is 382 g/mol. The topological polar surface area (TPSA) is 88.3 Å². The Morgan fingerprint density at radius 2 is 2.07 bits per heavy atom. The van der Waals surface area contributed by atoms with Gasteiger partial charge in [-0.05, 0) is 36.4 Å². The van der Waals surface area contributed by atoms with Gasteiger partial charge in [0.1, 0.15) is 0 Å². The number of carbonyl (C=O) groups excluding carboxylic acids is 2. The Morgan fingerprint density at radius 1 is 1.26 bits per heavy atom. The fourth-order valence-corrected chi connectivity index (χ4v) is 3.42. The van der Waals surface area contributed by atoms with Gasteiger partial charge in [-0.2, -0.15) is 4.98 Å². The molecule has 0 bridgehead atoms. The molecule has 1 fully saturated rings. The van der Waals surface area contributed by atoms with E-state index in [1.54, 1.807) is 37.4 Å². The second kappa shape index (κ2) is 7.32. The first-order valence-corrected chi connectivity index (χ1v) is 9.52. The van der Waals surface area contributed by atoms with E-state index in [1.165, 1.54) is 16.2 Å². The molecule has 0 radical (unpaired) electrons. The van der Waals surface area contributed by atoms with Crippen molar-refractivity contribution in [3.63, 3.8) is 0 Å². The van der Waals surface area contributed by atoms with Crippen LogP contribution in [0.1, 0.15) is 50.5 Å². The number of thiophene rings is 1. The predicted octanol–water partition coefficient (Wildman–Crippen LogP) is 3.22. The summed E-state index contributed by atoms with van der Waals surface area (Å²) in [5.74, 6) is 1.01. The Bertz CT molecular complexity index is 963. The Kier molecular flexibility index (Phi) is 4.72. The van der Waals surface area contributed by atoms with Crippen molar-refractivity contribution in [2.75, 3.05) is 11.9 Å². The van der Waals surface area contributed by atoms with E-state index in [9.17, 15) is 9.59 Å². The normalized spacial score (nSPS) is 13.4. The van der Waals surface area contributed by atoms with Crippen LogP contribution in [-0.4, -0.2) is 29.0 Å². The maximum Gasteiger partial charge on any atom is 0.268 e. The highest BCUT2D eigenvalue weighted by Crippen LogP contribution is 2.38. The summed E-state index contributed by atoms with van der Waals surface area (Å²) in [5.41, 5.74) is 0.955. The van der Waals surface area contributed by atoms with E-state index in [4.69, 9.17) is 4.52 Å². The highest BCUT2D eigenvalue weighted by Gasteiger charge is 2.29. The Balaban J connectivity index is 1.47. The van der Waals surface area contributed by atoms with Crippen molar-refractivity contribution in [3.8, 4) is 0 Å². The summed E-state index contributed by atoms with van der Waals surface area (Å²) in [4.78, 5) is 31.7. The average Bonchev–Trinajstić information content (AvgIpc) is 3.20. The molecule has 1 aromatic carbocycles. The van der Waals surface area contributed by atoms with Gasteiger partial charge in [0.15, 0.2) is 5.82 Å². The molecule has 0 spiro atoms. The number of amides is 2. The molecule has 0 atom stereocenters. The molecule has 1 aliphatic rings. The van der Waals surface area contributed by atoms with Gasteiger partial charge in [0.05, 0.1) is 22.7 Å². The maximum absolute atomic E-state index is 12.7. The van der Waals surface area contributed by atoms with Crippen LogP contribution in [-0.2, 0) is 6.54 Å². The van der Waals surface area contributed by atoms with E-state index in [0.29, 0.717) is 33.8 Å². The van der Waals surface area contributed by atoms with E-state index in [-0.39, 0.29) is 18.4 Å². The summed E-state index contributed by atoms with van der Waals surface area (Å²) in [6.07, 6.45) is 2.15. The van der Waals surface area contributed by atoms with E-state index in [0.717, 1.165) is 12.8 Å². The summed E-state index contributed by atoms with van der Waals surface area (Å²) in [6.45, 7) is 0.173. The van der Waals surface area contributed by atoms with Gasteiger partial charge in [-0.15, -0.1) is 11.3 Å². The molecular weight excluding hydrogens is 364 g/mol. The van der Waals surface area contributed by atoms with Crippen LogP contribution in [0.2, 0.25) is 0 Å². The summed E-state index contributed by atoms with van der Waals surface area (Å²) in [5, 5.41) is 8.54. The zero-order valence-electron chi connectivity index (χ0n) is 14.7. The van der Waals surface area contributed by atoms with E-state index in [1.807, 2.05) is 11.4 Å². The molecule has 2 aromatic heterocycles. The molecule has 0 aliphatic heterocycles. The third kappa shape index (κ3) is 3.75. The quantitative estimate of drug-likeness (QED) is 0.707. The Morgan fingerprint density at radius 3 is 2.81 bits per heavy atom. The third-order valence-electron chi connectivity index (χ3n) is 4.36. The zero-order chi connectivity index (χ0) is 18.8. The number of hydrogen-bond donors (Lipinski definition) is 1. The molecule has 4 rings (SSSR count). The molecule has 1 saturated carbocycles. The van der Waals surface area contributed by atoms with Crippen LogP contribution in [0.4, 0.5) is 5.69 Å². The minimum atomic E-state index is -0.297. The molecule has 7 nitrogen and oxygen atoms in total. The van der Waals surface area contributed by atoms with Crippen molar-refractivity contribution in [1.82, 2.24) is 15.5 Å². The fraction of sp³-hybridized carbons (Fsp3) is 0.263. The van der Waals surface area contributed by atoms with Crippen LogP contribution in [0, 0.1) is 0 Å². The first-order chi connectivity index (χ1) is 13.1. The van der Waals surface area contributed by atoms with Crippen LogP contribution in [0.15, 0.2) is 46.3 Å². The number of carbonyl (C=O) groups is 2. The first-order valence-electron chi connectivity index (χ1n) is 8.64. The van der Waals surface area contributed by atoms with E-state index < -0.39 is 0 Å². The number of para-hydroxylation sites is 1. The Hall–Kier alpha value is -3.00.